The molecule has 0 amide bonds. The van der Waals surface area contributed by atoms with Crippen LogP contribution in [-0.4, -0.2) is 24.2 Å². The standard InChI is InChI=1S/C9H9N3S.C9H7N3.ClH/c1-6-8(9(10)13)7-4-2-3-5-12(7)11-6;1-7-8(6-10)9-4-2-3-5-12(9)11-7;/h2-5H,1H3,(H2,10,13);2-5H,1H3;1H. The van der Waals surface area contributed by atoms with Gasteiger partial charge in [0.2, 0.25) is 0 Å². The lowest BCUT2D eigenvalue weighted by atomic mass is 10.2. The minimum Gasteiger partial charge on any atom is -0.389 e. The van der Waals surface area contributed by atoms with Crippen molar-refractivity contribution in [2.45, 2.75) is 13.8 Å². The average molecular weight is 385 g/mol. The van der Waals surface area contributed by atoms with Crippen LogP contribution in [0.2, 0.25) is 0 Å². The Morgan fingerprint density at radius 1 is 1.00 bits per heavy atom. The average Bonchev–Trinajstić information content (AvgIpc) is 3.10. The van der Waals surface area contributed by atoms with Crippen molar-refractivity contribution in [3.05, 3.63) is 71.3 Å². The third-order valence-corrected chi connectivity index (χ3v) is 3.99. The molecule has 2 N–H and O–H groups in total. The topological polar surface area (TPSA) is 84.4 Å². The molecule has 0 spiro atoms. The summed E-state index contributed by atoms with van der Waals surface area (Å²) in [6.07, 6.45) is 3.72. The van der Waals surface area contributed by atoms with Crippen LogP contribution in [0.25, 0.3) is 11.0 Å². The number of fused-ring (bicyclic) bond motifs is 2. The number of hydrogen-bond acceptors (Lipinski definition) is 4. The summed E-state index contributed by atoms with van der Waals surface area (Å²) in [5, 5.41) is 17.3. The van der Waals surface area contributed by atoms with E-state index in [-0.39, 0.29) is 12.4 Å². The van der Waals surface area contributed by atoms with Gasteiger partial charge in [-0.2, -0.15) is 15.5 Å². The number of hydrogen-bond donors (Lipinski definition) is 1. The van der Waals surface area contributed by atoms with E-state index >= 15 is 0 Å². The number of nitrogens with zero attached hydrogens (tertiary/aromatic N) is 5. The predicted octanol–water partition coefficient (Wildman–Crippen LogP) is 3.21. The molecule has 132 valence electrons. The van der Waals surface area contributed by atoms with Crippen LogP contribution in [0, 0.1) is 25.2 Å². The second-order valence-corrected chi connectivity index (χ2v) is 5.90. The first-order chi connectivity index (χ1) is 12.0. The van der Waals surface area contributed by atoms with Gasteiger partial charge in [-0.15, -0.1) is 12.4 Å². The Labute approximate surface area is 162 Å². The van der Waals surface area contributed by atoms with Crippen LogP contribution >= 0.6 is 24.6 Å². The van der Waals surface area contributed by atoms with Gasteiger partial charge in [0.05, 0.1) is 28.0 Å². The zero-order chi connectivity index (χ0) is 18.0. The van der Waals surface area contributed by atoms with Gasteiger partial charge in [-0.3, -0.25) is 0 Å². The first-order valence-electron chi connectivity index (χ1n) is 7.60. The summed E-state index contributed by atoms with van der Waals surface area (Å²) >= 11 is 4.96. The van der Waals surface area contributed by atoms with Crippen molar-refractivity contribution < 1.29 is 0 Å². The third-order valence-electron chi connectivity index (χ3n) is 3.79. The Kier molecular flexibility index (Phi) is 5.93. The monoisotopic (exact) mass is 384 g/mol. The lowest BCUT2D eigenvalue weighted by Crippen LogP contribution is -2.10. The van der Waals surface area contributed by atoms with Crippen LogP contribution in [0.15, 0.2) is 48.8 Å². The number of aromatic nitrogens is 4. The van der Waals surface area contributed by atoms with Crippen LogP contribution in [0.5, 0.6) is 0 Å². The van der Waals surface area contributed by atoms with E-state index in [1.54, 1.807) is 9.03 Å². The van der Waals surface area contributed by atoms with Crippen molar-refractivity contribution in [3.8, 4) is 6.07 Å². The normalized spacial score (nSPS) is 9.88. The molecule has 0 radical (unpaired) electrons. The maximum atomic E-state index is 8.80. The van der Waals surface area contributed by atoms with E-state index in [1.807, 2.05) is 62.6 Å². The summed E-state index contributed by atoms with van der Waals surface area (Å²) in [6.45, 7) is 3.74. The van der Waals surface area contributed by atoms with E-state index in [9.17, 15) is 0 Å². The maximum absolute atomic E-state index is 8.80. The molecule has 4 aromatic rings. The zero-order valence-corrected chi connectivity index (χ0v) is 15.9. The summed E-state index contributed by atoms with van der Waals surface area (Å²) in [6, 6.07) is 13.6. The predicted molar refractivity (Wildman–Crippen MR) is 108 cm³/mol. The second kappa shape index (κ2) is 7.95. The highest BCUT2D eigenvalue weighted by Gasteiger charge is 2.10. The fourth-order valence-electron chi connectivity index (χ4n) is 2.68. The summed E-state index contributed by atoms with van der Waals surface area (Å²) in [4.78, 5) is 0.402. The number of nitrogens with two attached hydrogens (primary N) is 1. The number of aryl methyl sites for hydroxylation is 2. The van der Waals surface area contributed by atoms with Gasteiger partial charge in [-0.05, 0) is 38.1 Å². The van der Waals surface area contributed by atoms with Gasteiger partial charge in [0, 0.05) is 12.4 Å². The highest BCUT2D eigenvalue weighted by molar-refractivity contribution is 7.80. The van der Waals surface area contributed by atoms with Crippen molar-refractivity contribution >= 4 is 40.6 Å². The Morgan fingerprint density at radius 3 is 2.12 bits per heavy atom. The van der Waals surface area contributed by atoms with Crippen LogP contribution in [0.4, 0.5) is 0 Å². The quantitative estimate of drug-likeness (QED) is 0.509. The highest BCUT2D eigenvalue weighted by Crippen LogP contribution is 2.14. The molecule has 8 heteroatoms. The van der Waals surface area contributed by atoms with E-state index in [1.165, 1.54) is 0 Å². The molecule has 26 heavy (non-hydrogen) atoms. The number of nitriles is 1. The van der Waals surface area contributed by atoms with Gasteiger partial charge in [0.15, 0.2) is 0 Å². The molecular weight excluding hydrogens is 368 g/mol. The van der Waals surface area contributed by atoms with Crippen molar-refractivity contribution in [1.29, 1.82) is 5.26 Å². The fraction of sp³-hybridized carbons (Fsp3) is 0.111. The molecule has 0 aliphatic heterocycles. The first-order valence-corrected chi connectivity index (χ1v) is 8.01. The van der Waals surface area contributed by atoms with Crippen molar-refractivity contribution in [2.75, 3.05) is 0 Å². The van der Waals surface area contributed by atoms with Gasteiger partial charge in [0.1, 0.15) is 16.6 Å². The molecule has 0 aliphatic rings. The Balaban J connectivity index is 0.000000180. The number of rotatable bonds is 1. The minimum atomic E-state index is 0. The van der Waals surface area contributed by atoms with Crippen molar-refractivity contribution in [2.24, 2.45) is 5.73 Å². The highest BCUT2D eigenvalue weighted by atomic mass is 35.5. The molecule has 0 fully saturated rings. The van der Waals surface area contributed by atoms with Crippen LogP contribution in [0.1, 0.15) is 22.5 Å². The molecule has 0 unspecified atom stereocenters. The minimum absolute atomic E-state index is 0. The van der Waals surface area contributed by atoms with E-state index in [0.717, 1.165) is 28.0 Å². The molecule has 0 saturated carbocycles. The number of halogens is 1. The summed E-state index contributed by atoms with van der Waals surface area (Å²) in [7, 11) is 0. The Morgan fingerprint density at radius 2 is 1.54 bits per heavy atom. The van der Waals surface area contributed by atoms with Crippen LogP contribution < -0.4 is 5.73 Å². The molecule has 4 heterocycles. The third kappa shape index (κ3) is 3.52. The summed E-state index contributed by atoms with van der Waals surface area (Å²) in [5.74, 6) is 0. The van der Waals surface area contributed by atoms with Gasteiger partial charge < -0.3 is 5.73 Å². The van der Waals surface area contributed by atoms with Gasteiger partial charge in [0.25, 0.3) is 0 Å². The summed E-state index contributed by atoms with van der Waals surface area (Å²) in [5.41, 5.74) is 10.6. The fourth-order valence-corrected chi connectivity index (χ4v) is 2.93. The van der Waals surface area contributed by atoms with E-state index < -0.39 is 0 Å². The number of thiocarbonyl (C=S) groups is 1. The van der Waals surface area contributed by atoms with Gasteiger partial charge in [-0.1, -0.05) is 24.4 Å². The molecular formula is C18H17ClN6S. The Hall–Kier alpha value is -2.95. The van der Waals surface area contributed by atoms with Gasteiger partial charge >= 0.3 is 0 Å². The zero-order valence-electron chi connectivity index (χ0n) is 14.2. The lowest BCUT2D eigenvalue weighted by Gasteiger charge is -1.95. The largest absolute Gasteiger partial charge is 0.389 e. The van der Waals surface area contributed by atoms with Gasteiger partial charge in [-0.25, -0.2) is 9.03 Å². The second-order valence-electron chi connectivity index (χ2n) is 5.46. The maximum Gasteiger partial charge on any atom is 0.108 e. The van der Waals surface area contributed by atoms with E-state index in [4.69, 9.17) is 23.2 Å². The van der Waals surface area contributed by atoms with E-state index in [0.29, 0.717) is 10.6 Å². The van der Waals surface area contributed by atoms with Crippen LogP contribution in [0.3, 0.4) is 0 Å². The summed E-state index contributed by atoms with van der Waals surface area (Å²) < 4.78 is 3.50. The molecule has 0 atom stereocenters. The molecule has 0 aliphatic carbocycles. The Bertz CT molecular complexity index is 1120. The van der Waals surface area contributed by atoms with E-state index in [2.05, 4.69) is 16.3 Å². The first kappa shape index (κ1) is 19.4. The lowest BCUT2D eigenvalue weighted by molar-refractivity contribution is 0.934. The van der Waals surface area contributed by atoms with Crippen molar-refractivity contribution in [1.82, 2.24) is 19.2 Å². The molecule has 0 saturated heterocycles. The molecule has 6 nitrogen and oxygen atoms in total. The molecule has 4 aromatic heterocycles. The molecule has 0 bridgehead atoms. The van der Waals surface area contributed by atoms with Crippen molar-refractivity contribution in [3.63, 3.8) is 0 Å². The molecule has 0 aromatic carbocycles. The smallest absolute Gasteiger partial charge is 0.108 e. The van der Waals surface area contributed by atoms with Crippen LogP contribution in [-0.2, 0) is 0 Å². The molecule has 4 rings (SSSR count). The SMILES string of the molecule is Cc1nn2ccccc2c1C#N.Cc1nn2ccccc2c1C(N)=S.Cl. The number of pyridine rings is 2.